The molecule has 0 bridgehead atoms. The first-order valence-corrected chi connectivity index (χ1v) is 12.8. The van der Waals surface area contributed by atoms with Crippen LogP contribution in [0.1, 0.15) is 78.4 Å². The van der Waals surface area contributed by atoms with Gasteiger partial charge in [0, 0.05) is 17.5 Å². The van der Waals surface area contributed by atoms with Crippen molar-refractivity contribution in [2.45, 2.75) is 91.5 Å². The normalized spacial score (nSPS) is 10.5. The second kappa shape index (κ2) is 18.5. The van der Waals surface area contributed by atoms with E-state index in [1.54, 1.807) is 0 Å². The lowest BCUT2D eigenvalue weighted by Crippen LogP contribution is -2.40. The molecule has 0 saturated carbocycles. The number of hydrogen-bond donors (Lipinski definition) is 3. The zero-order valence-electron chi connectivity index (χ0n) is 24.0. The number of carbonyl (C=O) groups is 4. The van der Waals surface area contributed by atoms with Crippen LogP contribution < -0.4 is 11.1 Å². The van der Waals surface area contributed by atoms with Crippen LogP contribution in [0.4, 0.5) is 0 Å². The van der Waals surface area contributed by atoms with E-state index in [0.29, 0.717) is 0 Å². The highest BCUT2D eigenvalue weighted by molar-refractivity contribution is 5.81. The molecule has 0 aliphatic rings. The summed E-state index contributed by atoms with van der Waals surface area (Å²) in [5, 5.41) is 11.1. The number of aliphatic carboxylic acids is 1. The Kier molecular flexibility index (Phi) is 16.8. The molecule has 2 rings (SSSR count). The first-order valence-electron chi connectivity index (χ1n) is 12.8. The number of carboxylic acid groups (broad SMARTS) is 1. The number of nitrogens with two attached hydrogens (primary N) is 1. The van der Waals surface area contributed by atoms with Gasteiger partial charge in [-0.1, -0.05) is 60.7 Å². The lowest BCUT2D eigenvalue weighted by Gasteiger charge is -2.20. The first kappa shape index (κ1) is 35.3. The largest absolute Gasteiger partial charge is 0.481 e. The molecule has 0 fully saturated rings. The highest BCUT2D eigenvalue weighted by Crippen LogP contribution is 2.05. The summed E-state index contributed by atoms with van der Waals surface area (Å²) in [6, 6.07) is 18.7. The second-order valence-electron chi connectivity index (χ2n) is 10.9. The minimum absolute atomic E-state index is 0. The van der Waals surface area contributed by atoms with Crippen LogP contribution in [0.25, 0.3) is 0 Å². The van der Waals surface area contributed by atoms with E-state index in [4.69, 9.17) is 20.3 Å². The van der Waals surface area contributed by atoms with Crippen molar-refractivity contribution >= 4 is 23.8 Å². The molecule has 9 heteroatoms. The Hall–Kier alpha value is -3.72. The van der Waals surface area contributed by atoms with Crippen molar-refractivity contribution < 1.29 is 33.8 Å². The van der Waals surface area contributed by atoms with Crippen molar-refractivity contribution in [1.82, 2.24) is 5.32 Å². The summed E-state index contributed by atoms with van der Waals surface area (Å²) in [4.78, 5) is 44.2. The van der Waals surface area contributed by atoms with Crippen molar-refractivity contribution in [3.8, 4) is 0 Å². The van der Waals surface area contributed by atoms with Crippen LogP contribution in [0.2, 0.25) is 0 Å². The molecular formula is C30H44N2O7. The lowest BCUT2D eigenvalue weighted by atomic mass is 10.1. The molecular weight excluding hydrogens is 500 g/mol. The maximum Gasteiger partial charge on any atom is 0.306 e. The minimum Gasteiger partial charge on any atom is -0.481 e. The zero-order chi connectivity index (χ0) is 29.9. The van der Waals surface area contributed by atoms with E-state index in [1.807, 2.05) is 102 Å². The van der Waals surface area contributed by atoms with E-state index in [0.717, 1.165) is 11.1 Å². The molecule has 0 aliphatic carbocycles. The van der Waals surface area contributed by atoms with Crippen molar-refractivity contribution in [3.63, 3.8) is 0 Å². The molecule has 4 N–H and O–H groups in total. The molecule has 0 saturated heterocycles. The fraction of sp³-hybridized carbons (Fsp3) is 0.467. The quantitative estimate of drug-likeness (QED) is 0.363. The molecule has 0 spiro atoms. The lowest BCUT2D eigenvalue weighted by molar-refractivity contribution is -0.148. The van der Waals surface area contributed by atoms with Crippen molar-refractivity contribution in [3.05, 3.63) is 71.8 Å². The van der Waals surface area contributed by atoms with Crippen molar-refractivity contribution in [1.29, 1.82) is 0 Å². The summed E-state index contributed by atoms with van der Waals surface area (Å²) in [6.07, 6.45) is -0.00453. The van der Waals surface area contributed by atoms with Crippen molar-refractivity contribution in [2.75, 3.05) is 0 Å². The topological polar surface area (TPSA) is 145 Å². The number of benzene rings is 2. The summed E-state index contributed by atoms with van der Waals surface area (Å²) < 4.78 is 9.97. The Morgan fingerprint density at radius 3 is 1.38 bits per heavy atom. The third kappa shape index (κ3) is 25.7. The van der Waals surface area contributed by atoms with E-state index in [2.05, 4.69) is 5.32 Å². The second-order valence-corrected chi connectivity index (χ2v) is 10.9. The monoisotopic (exact) mass is 544 g/mol. The molecule has 0 heterocycles. The van der Waals surface area contributed by atoms with Gasteiger partial charge < -0.3 is 25.6 Å². The zero-order valence-corrected chi connectivity index (χ0v) is 24.0. The van der Waals surface area contributed by atoms with Crippen LogP contribution in [0.3, 0.4) is 0 Å². The number of amides is 1. The van der Waals surface area contributed by atoms with Gasteiger partial charge in [-0.2, -0.15) is 0 Å². The summed E-state index contributed by atoms with van der Waals surface area (Å²) in [5.41, 5.74) is 6.91. The van der Waals surface area contributed by atoms with E-state index in [1.165, 1.54) is 0 Å². The highest BCUT2D eigenvalue weighted by atomic mass is 16.5. The third-order valence-electron chi connectivity index (χ3n) is 4.10. The van der Waals surface area contributed by atoms with E-state index in [-0.39, 0.29) is 61.9 Å². The van der Waals surface area contributed by atoms with Gasteiger partial charge in [0.2, 0.25) is 5.91 Å². The molecule has 0 atom stereocenters. The van der Waals surface area contributed by atoms with E-state index in [9.17, 15) is 19.2 Å². The summed E-state index contributed by atoms with van der Waals surface area (Å²) in [5.74, 6) is -1.97. The highest BCUT2D eigenvalue weighted by Gasteiger charge is 2.15. The maximum absolute atomic E-state index is 11.5. The number of hydrogen-bond acceptors (Lipinski definition) is 7. The summed E-state index contributed by atoms with van der Waals surface area (Å²) in [7, 11) is 0. The average Bonchev–Trinajstić information content (AvgIpc) is 2.83. The van der Waals surface area contributed by atoms with Crippen LogP contribution >= 0.6 is 0 Å². The van der Waals surface area contributed by atoms with E-state index < -0.39 is 11.9 Å². The van der Waals surface area contributed by atoms with Crippen LogP contribution in [0.15, 0.2) is 60.7 Å². The number of carbonyl (C=O) groups excluding carboxylic acids is 3. The molecule has 2 aromatic carbocycles. The number of ether oxygens (including phenoxy) is 2. The molecule has 0 radical (unpaired) electrons. The van der Waals surface area contributed by atoms with Gasteiger partial charge in [-0.25, -0.2) is 0 Å². The van der Waals surface area contributed by atoms with Gasteiger partial charge in [-0.3, -0.25) is 19.2 Å². The van der Waals surface area contributed by atoms with Gasteiger partial charge in [0.15, 0.2) is 0 Å². The van der Waals surface area contributed by atoms with Gasteiger partial charge in [-0.05, 0) is 52.7 Å². The number of nitrogens with one attached hydrogen (secondary N) is 1. The molecule has 0 aromatic heterocycles. The SMILES string of the molecule is CC(C)(C)N.CC(C)(C)NC(=O)CCC(=O)OCc1ccccc1.O=C(O)CCC(=O)OCc1ccccc1. The van der Waals surface area contributed by atoms with Crippen LogP contribution in [0, 0.1) is 0 Å². The smallest absolute Gasteiger partial charge is 0.306 e. The average molecular weight is 545 g/mol. The van der Waals surface area contributed by atoms with Crippen LogP contribution in [-0.4, -0.2) is 40.0 Å². The Morgan fingerprint density at radius 1 is 0.692 bits per heavy atom. The Labute approximate surface area is 232 Å². The number of carboxylic acids is 1. The van der Waals surface area contributed by atoms with E-state index >= 15 is 0 Å². The summed E-state index contributed by atoms with van der Waals surface area (Å²) in [6.45, 7) is 12.0. The molecule has 39 heavy (non-hydrogen) atoms. The first-order chi connectivity index (χ1) is 18.0. The predicted molar refractivity (Wildman–Crippen MR) is 150 cm³/mol. The molecule has 216 valence electrons. The van der Waals surface area contributed by atoms with Gasteiger partial charge >= 0.3 is 17.9 Å². The molecule has 1 amide bonds. The predicted octanol–water partition coefficient (Wildman–Crippen LogP) is 4.76. The number of esters is 2. The Balaban J connectivity index is 0.000000643. The molecule has 2 aromatic rings. The Morgan fingerprint density at radius 2 is 1.05 bits per heavy atom. The van der Waals surface area contributed by atoms with Gasteiger partial charge in [0.05, 0.1) is 19.3 Å². The summed E-state index contributed by atoms with van der Waals surface area (Å²) >= 11 is 0. The Bertz CT molecular complexity index is 989. The van der Waals surface area contributed by atoms with Gasteiger partial charge in [0.1, 0.15) is 13.2 Å². The standard InChI is InChI=1S/C15H21NO3.C11H12O4.C4H11N/c1-15(2,3)16-13(17)9-10-14(18)19-11-12-7-5-4-6-8-12;12-10(13)6-7-11(14)15-8-9-4-2-1-3-5-9;1-4(2,3)5/h4-8H,9-11H2,1-3H3,(H,16,17);1-5H,6-8H2,(H,12,13);5H2,1-3H3. The van der Waals surface area contributed by atoms with Gasteiger partial charge in [-0.15, -0.1) is 0 Å². The van der Waals surface area contributed by atoms with Gasteiger partial charge in [0.25, 0.3) is 0 Å². The third-order valence-corrected chi connectivity index (χ3v) is 4.10. The fourth-order valence-corrected chi connectivity index (χ4v) is 2.53. The molecule has 9 nitrogen and oxygen atoms in total. The van der Waals surface area contributed by atoms with Crippen LogP contribution in [-0.2, 0) is 41.9 Å². The number of rotatable bonds is 10. The van der Waals surface area contributed by atoms with Crippen LogP contribution in [0.5, 0.6) is 0 Å². The molecule has 0 aliphatic heterocycles. The maximum atomic E-state index is 11.5. The molecule has 0 unspecified atom stereocenters. The van der Waals surface area contributed by atoms with Crippen molar-refractivity contribution in [2.24, 2.45) is 5.73 Å². The minimum atomic E-state index is -0.994. The fourth-order valence-electron chi connectivity index (χ4n) is 2.53.